The molecule has 6 nitrogen and oxygen atoms in total. The molecule has 1 saturated carbocycles. The second-order valence-electron chi connectivity index (χ2n) is 7.81. The molecule has 3 rings (SSSR count). The van der Waals surface area contributed by atoms with Crippen LogP contribution in [0, 0.1) is 5.41 Å². The molecule has 0 aromatic carbocycles. The summed E-state index contributed by atoms with van der Waals surface area (Å²) in [6.07, 6.45) is 6.07. The quantitative estimate of drug-likeness (QED) is 0.668. The Morgan fingerprint density at radius 1 is 1.21 bits per heavy atom. The molecular weight excluding hydrogens is 306 g/mol. The average Bonchev–Trinajstić information content (AvgIpc) is 2.91. The van der Waals surface area contributed by atoms with E-state index in [1.165, 1.54) is 0 Å². The summed E-state index contributed by atoms with van der Waals surface area (Å²) in [6.45, 7) is 7.36. The smallest absolute Gasteiger partial charge is 0.312 e. The molecule has 0 radical (unpaired) electrons. The van der Waals surface area contributed by atoms with Gasteiger partial charge in [-0.2, -0.15) is 0 Å². The van der Waals surface area contributed by atoms with Crippen LogP contribution < -0.4 is 10.6 Å². The Morgan fingerprint density at radius 3 is 2.46 bits per heavy atom. The van der Waals surface area contributed by atoms with Crippen molar-refractivity contribution in [1.82, 2.24) is 15.5 Å². The Labute approximate surface area is 145 Å². The number of aliphatic hydroxyl groups excluding tert-OH is 1. The van der Waals surface area contributed by atoms with Gasteiger partial charge in [0.2, 0.25) is 0 Å². The second kappa shape index (κ2) is 7.28. The molecule has 2 aliphatic heterocycles. The predicted molar refractivity (Wildman–Crippen MR) is 92.3 cm³/mol. The first-order chi connectivity index (χ1) is 11.5. The van der Waals surface area contributed by atoms with Crippen LogP contribution >= 0.6 is 0 Å². The summed E-state index contributed by atoms with van der Waals surface area (Å²) in [7, 11) is 0. The first kappa shape index (κ1) is 18.1. The van der Waals surface area contributed by atoms with Crippen molar-refractivity contribution in [1.29, 1.82) is 0 Å². The van der Waals surface area contributed by atoms with Crippen molar-refractivity contribution in [3.8, 4) is 0 Å². The van der Waals surface area contributed by atoms with Gasteiger partial charge in [0.15, 0.2) is 6.35 Å². The third-order valence-corrected chi connectivity index (χ3v) is 6.56. The highest BCUT2D eigenvalue weighted by Crippen LogP contribution is 2.43. The number of hydrogen-bond donors (Lipinski definition) is 3. The molecule has 1 spiro atoms. The molecule has 2 saturated heterocycles. The number of aliphatic hydroxyl groups is 1. The fourth-order valence-electron chi connectivity index (χ4n) is 4.85. The van der Waals surface area contributed by atoms with E-state index in [0.717, 1.165) is 64.6 Å². The zero-order chi connectivity index (χ0) is 17.2. The van der Waals surface area contributed by atoms with Crippen molar-refractivity contribution < 1.29 is 14.6 Å². The van der Waals surface area contributed by atoms with Crippen molar-refractivity contribution in [2.24, 2.45) is 5.41 Å². The Hall–Kier alpha value is -0.690. The molecule has 1 atom stereocenters. The molecule has 1 aliphatic carbocycles. The Kier molecular flexibility index (Phi) is 5.49. The van der Waals surface area contributed by atoms with Crippen LogP contribution in [0.3, 0.4) is 0 Å². The third-order valence-electron chi connectivity index (χ3n) is 6.56. The third kappa shape index (κ3) is 3.34. The number of carbonyl (C=O) groups excluding carboxylic acids is 1. The lowest BCUT2D eigenvalue weighted by atomic mass is 9.70. The van der Waals surface area contributed by atoms with E-state index in [4.69, 9.17) is 4.74 Å². The van der Waals surface area contributed by atoms with Gasteiger partial charge in [-0.05, 0) is 65.0 Å². The van der Waals surface area contributed by atoms with Gasteiger partial charge >= 0.3 is 5.97 Å². The van der Waals surface area contributed by atoms with Crippen LogP contribution in [0.2, 0.25) is 0 Å². The monoisotopic (exact) mass is 339 g/mol. The van der Waals surface area contributed by atoms with E-state index in [1.807, 2.05) is 6.92 Å². The molecule has 1 unspecified atom stereocenters. The fourth-order valence-corrected chi connectivity index (χ4v) is 4.85. The summed E-state index contributed by atoms with van der Waals surface area (Å²) in [5, 5.41) is 17.4. The maximum atomic E-state index is 12.4. The lowest BCUT2D eigenvalue weighted by Gasteiger charge is -2.41. The fraction of sp³-hybridized carbons (Fsp3) is 0.944. The normalized spacial score (nSPS) is 36.8. The topological polar surface area (TPSA) is 73.8 Å². The van der Waals surface area contributed by atoms with Gasteiger partial charge in [-0.1, -0.05) is 6.92 Å². The van der Waals surface area contributed by atoms with Crippen molar-refractivity contribution in [3.05, 3.63) is 0 Å². The molecule has 2 heterocycles. The molecule has 24 heavy (non-hydrogen) atoms. The maximum Gasteiger partial charge on any atom is 0.312 e. The SMILES string of the molecule is CCOC(=O)C1(CC)CCC(N2CC3(CCNCC3)NC2O)CC1. The van der Waals surface area contributed by atoms with Gasteiger partial charge in [0, 0.05) is 18.1 Å². The van der Waals surface area contributed by atoms with Crippen LogP contribution in [-0.2, 0) is 9.53 Å². The van der Waals surface area contributed by atoms with Crippen LogP contribution in [0.15, 0.2) is 0 Å². The van der Waals surface area contributed by atoms with E-state index in [1.54, 1.807) is 0 Å². The summed E-state index contributed by atoms with van der Waals surface area (Å²) in [5.74, 6) is -0.0270. The molecule has 3 N–H and O–H groups in total. The van der Waals surface area contributed by atoms with E-state index in [2.05, 4.69) is 22.5 Å². The number of nitrogens with zero attached hydrogens (tertiary/aromatic N) is 1. The minimum absolute atomic E-state index is 0.0270. The highest BCUT2D eigenvalue weighted by atomic mass is 16.5. The minimum atomic E-state index is -0.551. The second-order valence-corrected chi connectivity index (χ2v) is 7.81. The number of rotatable bonds is 4. The number of esters is 1. The van der Waals surface area contributed by atoms with Crippen molar-refractivity contribution in [2.45, 2.75) is 76.7 Å². The Bertz CT molecular complexity index is 443. The van der Waals surface area contributed by atoms with Crippen molar-refractivity contribution in [3.63, 3.8) is 0 Å². The molecule has 0 aromatic heterocycles. The summed E-state index contributed by atoms with van der Waals surface area (Å²) in [4.78, 5) is 14.6. The molecule has 138 valence electrons. The van der Waals surface area contributed by atoms with E-state index < -0.39 is 6.35 Å². The predicted octanol–water partition coefficient (Wildman–Crippen LogP) is 1.19. The lowest BCUT2D eigenvalue weighted by molar-refractivity contribution is -0.159. The summed E-state index contributed by atoms with van der Waals surface area (Å²) in [6, 6.07) is 0.357. The molecule has 6 heteroatoms. The highest BCUT2D eigenvalue weighted by Gasteiger charge is 2.48. The van der Waals surface area contributed by atoms with Gasteiger partial charge in [-0.15, -0.1) is 0 Å². The Morgan fingerprint density at radius 2 is 1.88 bits per heavy atom. The zero-order valence-electron chi connectivity index (χ0n) is 15.1. The zero-order valence-corrected chi connectivity index (χ0v) is 15.1. The van der Waals surface area contributed by atoms with Crippen LogP contribution in [-0.4, -0.2) is 60.1 Å². The molecule has 3 fully saturated rings. The van der Waals surface area contributed by atoms with Crippen LogP contribution in [0.1, 0.15) is 58.8 Å². The summed E-state index contributed by atoms with van der Waals surface area (Å²) in [5.41, 5.74) is -0.248. The van der Waals surface area contributed by atoms with E-state index in [9.17, 15) is 9.90 Å². The number of carbonyl (C=O) groups is 1. The average molecular weight is 339 g/mol. The molecule has 0 aromatic rings. The molecule has 3 aliphatic rings. The van der Waals surface area contributed by atoms with Crippen LogP contribution in [0.25, 0.3) is 0 Å². The van der Waals surface area contributed by atoms with Crippen molar-refractivity contribution >= 4 is 5.97 Å². The Balaban J connectivity index is 1.61. The summed E-state index contributed by atoms with van der Waals surface area (Å²) >= 11 is 0. The van der Waals surface area contributed by atoms with E-state index >= 15 is 0 Å². The maximum absolute atomic E-state index is 12.4. The van der Waals surface area contributed by atoms with Crippen LogP contribution in [0.4, 0.5) is 0 Å². The van der Waals surface area contributed by atoms with Gasteiger partial charge in [0.1, 0.15) is 0 Å². The van der Waals surface area contributed by atoms with E-state index in [-0.39, 0.29) is 16.9 Å². The van der Waals surface area contributed by atoms with Crippen LogP contribution in [0.5, 0.6) is 0 Å². The first-order valence-electron chi connectivity index (χ1n) is 9.64. The number of hydrogen-bond acceptors (Lipinski definition) is 6. The lowest BCUT2D eigenvalue weighted by Crippen LogP contribution is -2.52. The van der Waals surface area contributed by atoms with Gasteiger partial charge < -0.3 is 15.2 Å². The van der Waals surface area contributed by atoms with Gasteiger partial charge in [0.05, 0.1) is 12.0 Å². The van der Waals surface area contributed by atoms with E-state index in [0.29, 0.717) is 12.6 Å². The standard InChI is InChI=1S/C18H33N3O3/c1-3-17(15(22)24-4-2)7-5-14(6-8-17)21-13-18(20-16(21)23)9-11-19-12-10-18/h14,16,19-20,23H,3-13H2,1-2H3. The first-order valence-corrected chi connectivity index (χ1v) is 9.64. The highest BCUT2D eigenvalue weighted by molar-refractivity contribution is 5.76. The number of nitrogens with one attached hydrogen (secondary N) is 2. The van der Waals surface area contributed by atoms with Crippen molar-refractivity contribution in [2.75, 3.05) is 26.2 Å². The molecule has 0 amide bonds. The number of piperidine rings is 1. The number of ether oxygens (including phenoxy) is 1. The largest absolute Gasteiger partial charge is 0.466 e. The molecular formula is C18H33N3O3. The minimum Gasteiger partial charge on any atom is -0.466 e. The summed E-state index contributed by atoms with van der Waals surface area (Å²) < 4.78 is 5.33. The van der Waals surface area contributed by atoms with Gasteiger partial charge in [-0.3, -0.25) is 15.0 Å². The van der Waals surface area contributed by atoms with Gasteiger partial charge in [-0.25, -0.2) is 0 Å². The van der Waals surface area contributed by atoms with Gasteiger partial charge in [0.25, 0.3) is 0 Å². The molecule has 0 bridgehead atoms.